The van der Waals surface area contributed by atoms with Crippen molar-refractivity contribution < 1.29 is 8.78 Å². The van der Waals surface area contributed by atoms with Gasteiger partial charge in [-0.1, -0.05) is 80.6 Å². The molecule has 3 aromatic carbocycles. The van der Waals surface area contributed by atoms with Crippen LogP contribution in [0, 0.1) is 11.6 Å². The molecule has 1 aliphatic rings. The highest BCUT2D eigenvalue weighted by Gasteiger charge is 2.20. The Morgan fingerprint density at radius 1 is 0.759 bits per heavy atom. The third-order valence-electron chi connectivity index (χ3n) is 5.83. The molecule has 0 radical (unpaired) electrons. The first-order chi connectivity index (χ1) is 14.1. The van der Waals surface area contributed by atoms with Crippen LogP contribution in [0.4, 0.5) is 8.78 Å². The summed E-state index contributed by atoms with van der Waals surface area (Å²) in [4.78, 5) is 0. The van der Waals surface area contributed by atoms with E-state index in [4.69, 9.17) is 11.6 Å². The van der Waals surface area contributed by atoms with Gasteiger partial charge in [-0.15, -0.1) is 0 Å². The van der Waals surface area contributed by atoms with Gasteiger partial charge in [-0.2, -0.15) is 0 Å². The zero-order chi connectivity index (χ0) is 20.4. The molecule has 0 fully saturated rings. The highest BCUT2D eigenvalue weighted by molar-refractivity contribution is 6.31. The summed E-state index contributed by atoms with van der Waals surface area (Å²) in [6, 6.07) is 15.4. The van der Waals surface area contributed by atoms with Crippen molar-refractivity contribution in [2.45, 2.75) is 51.9 Å². The number of hydrogen-bond donors (Lipinski definition) is 0. The van der Waals surface area contributed by atoms with E-state index in [1.807, 2.05) is 12.1 Å². The quantitative estimate of drug-likeness (QED) is 0.212. The highest BCUT2D eigenvalue weighted by atomic mass is 35.5. The molecule has 0 N–H and O–H groups in total. The maximum Gasteiger partial charge on any atom is 0.145 e. The molecule has 150 valence electrons. The standard InChI is InChI=1S/C26H25ClF2/c1-2-3-4-5-6-7-17-8-10-22-20(12-17)14-21-13-18(9-11-23(21)22)19-15-24(28)26(27)25(29)16-19/h8-13,15-16H,2-7,14H2,1H3. The molecule has 0 atom stereocenters. The first kappa shape index (κ1) is 20.1. The van der Waals surface area contributed by atoms with E-state index in [0.29, 0.717) is 5.56 Å². The lowest BCUT2D eigenvalue weighted by Crippen LogP contribution is -1.89. The third kappa shape index (κ3) is 4.23. The van der Waals surface area contributed by atoms with Gasteiger partial charge in [0.2, 0.25) is 0 Å². The zero-order valence-electron chi connectivity index (χ0n) is 16.7. The molecule has 0 spiro atoms. The average Bonchev–Trinajstić information content (AvgIpc) is 3.08. The highest BCUT2D eigenvalue weighted by Crippen LogP contribution is 2.39. The number of halogens is 3. The van der Waals surface area contributed by atoms with E-state index in [2.05, 4.69) is 31.2 Å². The van der Waals surface area contributed by atoms with Gasteiger partial charge in [-0.05, 0) is 70.3 Å². The topological polar surface area (TPSA) is 0 Å². The van der Waals surface area contributed by atoms with Crippen molar-refractivity contribution in [1.82, 2.24) is 0 Å². The SMILES string of the molecule is CCCCCCCc1ccc2c(c1)Cc1cc(-c3cc(F)c(Cl)c(F)c3)ccc1-2. The summed E-state index contributed by atoms with van der Waals surface area (Å²) >= 11 is 5.62. The van der Waals surface area contributed by atoms with E-state index in [0.717, 1.165) is 18.4 Å². The van der Waals surface area contributed by atoms with Crippen LogP contribution in [0.15, 0.2) is 48.5 Å². The van der Waals surface area contributed by atoms with Gasteiger partial charge in [0.1, 0.15) is 16.7 Å². The Hall–Kier alpha value is -2.19. The molecule has 0 bridgehead atoms. The summed E-state index contributed by atoms with van der Waals surface area (Å²) in [6.07, 6.45) is 8.44. The Morgan fingerprint density at radius 3 is 2.14 bits per heavy atom. The minimum Gasteiger partial charge on any atom is -0.205 e. The van der Waals surface area contributed by atoms with Crippen LogP contribution in [-0.4, -0.2) is 0 Å². The molecule has 0 amide bonds. The van der Waals surface area contributed by atoms with E-state index in [1.54, 1.807) is 0 Å². The second kappa shape index (κ2) is 8.67. The van der Waals surface area contributed by atoms with Gasteiger partial charge in [-0.25, -0.2) is 8.78 Å². The molecule has 0 heterocycles. The number of fused-ring (bicyclic) bond motifs is 3. The zero-order valence-corrected chi connectivity index (χ0v) is 17.5. The first-order valence-electron chi connectivity index (χ1n) is 10.5. The van der Waals surface area contributed by atoms with E-state index in [1.165, 1.54) is 72.1 Å². The van der Waals surface area contributed by atoms with Gasteiger partial charge in [-0.3, -0.25) is 0 Å². The van der Waals surface area contributed by atoms with Crippen molar-refractivity contribution in [2.75, 3.05) is 0 Å². The normalized spacial score (nSPS) is 12.1. The van der Waals surface area contributed by atoms with E-state index in [9.17, 15) is 8.78 Å². The monoisotopic (exact) mass is 410 g/mol. The second-order valence-electron chi connectivity index (χ2n) is 7.96. The van der Waals surface area contributed by atoms with Crippen LogP contribution in [0.5, 0.6) is 0 Å². The molecule has 0 aromatic heterocycles. The van der Waals surface area contributed by atoms with E-state index < -0.39 is 16.7 Å². The van der Waals surface area contributed by atoms with Crippen molar-refractivity contribution in [3.63, 3.8) is 0 Å². The van der Waals surface area contributed by atoms with Gasteiger partial charge in [0.15, 0.2) is 0 Å². The molecule has 29 heavy (non-hydrogen) atoms. The summed E-state index contributed by atoms with van der Waals surface area (Å²) in [5.74, 6) is -1.46. The summed E-state index contributed by atoms with van der Waals surface area (Å²) in [7, 11) is 0. The van der Waals surface area contributed by atoms with Crippen LogP contribution < -0.4 is 0 Å². The lowest BCUT2D eigenvalue weighted by Gasteiger charge is -2.08. The summed E-state index contributed by atoms with van der Waals surface area (Å²) in [6.45, 7) is 2.24. The Labute approximate surface area is 176 Å². The third-order valence-corrected chi connectivity index (χ3v) is 6.19. The van der Waals surface area contributed by atoms with Gasteiger partial charge in [0.25, 0.3) is 0 Å². The van der Waals surface area contributed by atoms with Crippen LogP contribution in [0.25, 0.3) is 22.3 Å². The van der Waals surface area contributed by atoms with Crippen LogP contribution in [0.1, 0.15) is 55.7 Å². The summed E-state index contributed by atoms with van der Waals surface area (Å²) in [5.41, 5.74) is 7.75. The van der Waals surface area contributed by atoms with Gasteiger partial charge in [0.05, 0.1) is 0 Å². The first-order valence-corrected chi connectivity index (χ1v) is 10.8. The van der Waals surface area contributed by atoms with Crippen molar-refractivity contribution in [3.05, 3.63) is 81.9 Å². The van der Waals surface area contributed by atoms with Crippen LogP contribution in [0.2, 0.25) is 5.02 Å². The van der Waals surface area contributed by atoms with Crippen LogP contribution in [0.3, 0.4) is 0 Å². The Balaban J connectivity index is 1.53. The largest absolute Gasteiger partial charge is 0.205 e. The number of rotatable bonds is 7. The molecule has 0 unspecified atom stereocenters. The fraction of sp³-hybridized carbons (Fsp3) is 0.308. The van der Waals surface area contributed by atoms with Gasteiger partial charge >= 0.3 is 0 Å². The molecule has 3 heteroatoms. The maximum atomic E-state index is 13.9. The summed E-state index contributed by atoms with van der Waals surface area (Å²) in [5, 5.41) is -0.454. The number of unbranched alkanes of at least 4 members (excludes halogenated alkanes) is 4. The predicted octanol–water partition coefficient (Wildman–Crippen LogP) is 8.37. The van der Waals surface area contributed by atoms with Gasteiger partial charge < -0.3 is 0 Å². The smallest absolute Gasteiger partial charge is 0.145 e. The average molecular weight is 411 g/mol. The van der Waals surface area contributed by atoms with Gasteiger partial charge in [0, 0.05) is 0 Å². The van der Waals surface area contributed by atoms with Crippen molar-refractivity contribution in [1.29, 1.82) is 0 Å². The molecule has 3 aromatic rings. The Kier molecular flexibility index (Phi) is 6.01. The van der Waals surface area contributed by atoms with E-state index in [-0.39, 0.29) is 0 Å². The molecule has 0 aliphatic heterocycles. The van der Waals surface area contributed by atoms with Crippen molar-refractivity contribution in [3.8, 4) is 22.3 Å². The molecule has 0 saturated carbocycles. The van der Waals surface area contributed by atoms with Crippen molar-refractivity contribution >= 4 is 11.6 Å². The molecular formula is C26H25ClF2. The van der Waals surface area contributed by atoms with Crippen LogP contribution >= 0.6 is 11.6 Å². The number of benzene rings is 3. The molecule has 1 aliphatic carbocycles. The molecule has 0 saturated heterocycles. The fourth-order valence-corrected chi connectivity index (χ4v) is 4.36. The maximum absolute atomic E-state index is 13.9. The summed E-state index contributed by atoms with van der Waals surface area (Å²) < 4.78 is 27.7. The van der Waals surface area contributed by atoms with Crippen LogP contribution in [-0.2, 0) is 12.8 Å². The lowest BCUT2D eigenvalue weighted by molar-refractivity contribution is 0.585. The molecule has 0 nitrogen and oxygen atoms in total. The molecular weight excluding hydrogens is 386 g/mol. The minimum absolute atomic E-state index is 0.454. The van der Waals surface area contributed by atoms with Crippen molar-refractivity contribution in [2.24, 2.45) is 0 Å². The number of aryl methyl sites for hydroxylation is 1. The number of hydrogen-bond acceptors (Lipinski definition) is 0. The Bertz CT molecular complexity index is 1020. The minimum atomic E-state index is -0.728. The lowest BCUT2D eigenvalue weighted by atomic mass is 9.98. The predicted molar refractivity (Wildman–Crippen MR) is 118 cm³/mol. The molecule has 4 rings (SSSR count). The second-order valence-corrected chi connectivity index (χ2v) is 8.34. The fourth-order valence-electron chi connectivity index (χ4n) is 4.25. The van der Waals surface area contributed by atoms with E-state index >= 15 is 0 Å². The Morgan fingerprint density at radius 2 is 1.41 bits per heavy atom.